The Bertz CT molecular complexity index is 1470. The Morgan fingerprint density at radius 1 is 0.903 bits per heavy atom. The molecule has 0 spiro atoms. The van der Waals surface area contributed by atoms with Crippen molar-refractivity contribution in [3.05, 3.63) is 89.9 Å². The lowest BCUT2D eigenvalue weighted by Crippen LogP contribution is -2.37. The van der Waals surface area contributed by atoms with Crippen molar-refractivity contribution in [2.45, 2.75) is 41.2 Å². The van der Waals surface area contributed by atoms with E-state index in [4.69, 9.17) is 0 Å². The van der Waals surface area contributed by atoms with Gasteiger partial charge in [0, 0.05) is 16.0 Å². The molecule has 5 nitrogen and oxygen atoms in total. The first-order chi connectivity index (χ1) is 14.7. The summed E-state index contributed by atoms with van der Waals surface area (Å²) >= 11 is 1.39. The van der Waals surface area contributed by atoms with Crippen LogP contribution in [0.1, 0.15) is 37.5 Å². The average Bonchev–Trinajstić information content (AvgIpc) is 3.05. The van der Waals surface area contributed by atoms with Gasteiger partial charge in [-0.25, -0.2) is 4.79 Å². The fourth-order valence-corrected chi connectivity index (χ4v) is 4.82. The van der Waals surface area contributed by atoms with Crippen LogP contribution in [-0.4, -0.2) is 15.3 Å². The summed E-state index contributed by atoms with van der Waals surface area (Å²) in [5.74, 6) is -0.269. The Balaban J connectivity index is 1.86. The third-order valence-electron chi connectivity index (χ3n) is 5.94. The number of aromatic amines is 1. The Labute approximate surface area is 184 Å². The Morgan fingerprint density at radius 3 is 2.19 bits per heavy atom. The van der Waals surface area contributed by atoms with Crippen LogP contribution >= 0.6 is 11.3 Å². The van der Waals surface area contributed by atoms with E-state index < -0.39 is 11.2 Å². The van der Waals surface area contributed by atoms with Crippen LogP contribution in [0.2, 0.25) is 0 Å². The molecule has 2 aromatic heterocycles. The number of H-pyrrole nitrogens is 1. The largest absolute Gasteiger partial charge is 0.329 e. The normalized spacial score (nSPS) is 11.3. The lowest BCUT2D eigenvalue weighted by atomic mass is 9.99. The molecule has 0 saturated heterocycles. The zero-order valence-corrected chi connectivity index (χ0v) is 19.1. The number of nitrogens with zero attached hydrogens (tertiary/aromatic N) is 1. The Hall–Kier alpha value is -3.25. The van der Waals surface area contributed by atoms with Crippen molar-refractivity contribution in [3.63, 3.8) is 0 Å². The van der Waals surface area contributed by atoms with Gasteiger partial charge >= 0.3 is 5.69 Å². The molecule has 0 bridgehead atoms. The van der Waals surface area contributed by atoms with Crippen LogP contribution in [0.3, 0.4) is 0 Å². The molecule has 6 heteroatoms. The third-order valence-corrected chi connectivity index (χ3v) is 6.96. The number of carbonyl (C=O) groups is 1. The standard InChI is InChI=1S/C25H24N2O3S/c1-13-6-8-18(10-15(13)3)20(28)12-27-24(29)22-21(17(5)31-23(22)26-25(27)30)19-9-7-14(2)16(4)11-19/h6-11H,12H2,1-5H3,(H,26,30). The summed E-state index contributed by atoms with van der Waals surface area (Å²) in [6, 6.07) is 11.5. The van der Waals surface area contributed by atoms with E-state index in [1.165, 1.54) is 16.9 Å². The molecule has 1 N–H and O–H groups in total. The monoisotopic (exact) mass is 432 g/mol. The summed E-state index contributed by atoms with van der Waals surface area (Å²) in [7, 11) is 0. The molecule has 2 heterocycles. The first kappa shape index (κ1) is 21.0. The predicted octanol–water partition coefficient (Wildman–Crippen LogP) is 4.84. The number of rotatable bonds is 4. The van der Waals surface area contributed by atoms with E-state index in [0.29, 0.717) is 15.8 Å². The van der Waals surface area contributed by atoms with Crippen LogP contribution < -0.4 is 11.2 Å². The number of thiophene rings is 1. The number of nitrogens with one attached hydrogen (secondary N) is 1. The summed E-state index contributed by atoms with van der Waals surface area (Å²) in [6.07, 6.45) is 0. The van der Waals surface area contributed by atoms with Crippen molar-refractivity contribution in [2.24, 2.45) is 0 Å². The van der Waals surface area contributed by atoms with Crippen molar-refractivity contribution in [1.29, 1.82) is 0 Å². The second-order valence-electron chi connectivity index (χ2n) is 8.08. The van der Waals surface area contributed by atoms with Gasteiger partial charge in [0.05, 0.1) is 11.9 Å². The van der Waals surface area contributed by atoms with E-state index in [0.717, 1.165) is 37.3 Å². The van der Waals surface area contributed by atoms with Crippen molar-refractivity contribution in [2.75, 3.05) is 0 Å². The SMILES string of the molecule is Cc1ccc(C(=O)Cn2c(=O)[nH]c3sc(C)c(-c4ccc(C)c(C)c4)c3c2=O)cc1C. The molecule has 4 rings (SSSR count). The van der Waals surface area contributed by atoms with Gasteiger partial charge in [0.2, 0.25) is 0 Å². The second-order valence-corrected chi connectivity index (χ2v) is 9.30. The van der Waals surface area contributed by atoms with Gasteiger partial charge in [0.25, 0.3) is 5.56 Å². The van der Waals surface area contributed by atoms with Gasteiger partial charge in [-0.3, -0.25) is 19.1 Å². The van der Waals surface area contributed by atoms with Crippen LogP contribution in [0.15, 0.2) is 46.0 Å². The van der Waals surface area contributed by atoms with Crippen molar-refractivity contribution in [3.8, 4) is 11.1 Å². The number of benzene rings is 2. The van der Waals surface area contributed by atoms with Gasteiger partial charge in [-0.2, -0.15) is 0 Å². The number of Topliss-reactive ketones (excluding diaryl/α,β-unsaturated/α-hetero) is 1. The molecule has 0 radical (unpaired) electrons. The maximum Gasteiger partial charge on any atom is 0.329 e. The second kappa shape index (κ2) is 7.78. The van der Waals surface area contributed by atoms with Gasteiger partial charge in [0.15, 0.2) is 5.78 Å². The van der Waals surface area contributed by atoms with Crippen LogP contribution in [0.5, 0.6) is 0 Å². The zero-order valence-electron chi connectivity index (χ0n) is 18.3. The molecular weight excluding hydrogens is 408 g/mol. The molecule has 0 fully saturated rings. The molecule has 31 heavy (non-hydrogen) atoms. The van der Waals surface area contributed by atoms with Crippen LogP contribution in [0.4, 0.5) is 0 Å². The van der Waals surface area contributed by atoms with Gasteiger partial charge in [-0.15, -0.1) is 11.3 Å². The summed E-state index contributed by atoms with van der Waals surface area (Å²) in [5.41, 5.74) is 5.62. The molecule has 0 aliphatic rings. The highest BCUT2D eigenvalue weighted by Gasteiger charge is 2.20. The maximum atomic E-state index is 13.4. The minimum atomic E-state index is -0.567. The molecule has 0 aliphatic heterocycles. The van der Waals surface area contributed by atoms with Crippen molar-refractivity contribution in [1.82, 2.24) is 9.55 Å². The number of hydrogen-bond donors (Lipinski definition) is 1. The molecule has 4 aromatic rings. The molecule has 0 saturated carbocycles. The van der Waals surface area contributed by atoms with Gasteiger partial charge in [-0.05, 0) is 68.5 Å². The van der Waals surface area contributed by atoms with E-state index in [1.54, 1.807) is 12.1 Å². The zero-order chi connectivity index (χ0) is 22.4. The van der Waals surface area contributed by atoms with E-state index in [2.05, 4.69) is 11.1 Å². The number of ketones is 1. The highest BCUT2D eigenvalue weighted by molar-refractivity contribution is 7.19. The minimum absolute atomic E-state index is 0.269. The van der Waals surface area contributed by atoms with E-state index in [9.17, 15) is 14.4 Å². The number of fused-ring (bicyclic) bond motifs is 1. The van der Waals surface area contributed by atoms with Crippen LogP contribution in [-0.2, 0) is 6.54 Å². The number of aromatic nitrogens is 2. The van der Waals surface area contributed by atoms with Gasteiger partial charge in [-0.1, -0.05) is 30.3 Å². The minimum Gasteiger partial charge on any atom is -0.298 e. The highest BCUT2D eigenvalue weighted by atomic mass is 32.1. The quantitative estimate of drug-likeness (QED) is 0.469. The highest BCUT2D eigenvalue weighted by Crippen LogP contribution is 2.35. The smallest absolute Gasteiger partial charge is 0.298 e. The van der Waals surface area contributed by atoms with Crippen molar-refractivity contribution >= 4 is 27.3 Å². The topological polar surface area (TPSA) is 71.9 Å². The van der Waals surface area contributed by atoms with E-state index in [-0.39, 0.29) is 12.3 Å². The van der Waals surface area contributed by atoms with Crippen LogP contribution in [0, 0.1) is 34.6 Å². The number of carbonyl (C=O) groups excluding carboxylic acids is 1. The summed E-state index contributed by atoms with van der Waals surface area (Å²) < 4.78 is 1.01. The maximum absolute atomic E-state index is 13.4. The molecule has 0 amide bonds. The summed E-state index contributed by atoms with van der Waals surface area (Å²) in [6.45, 7) is 9.62. The Morgan fingerprint density at radius 2 is 1.55 bits per heavy atom. The number of hydrogen-bond acceptors (Lipinski definition) is 4. The van der Waals surface area contributed by atoms with Gasteiger partial charge in [0.1, 0.15) is 4.83 Å². The molecule has 2 aromatic carbocycles. The molecule has 0 unspecified atom stereocenters. The fraction of sp³-hybridized carbons (Fsp3) is 0.240. The van der Waals surface area contributed by atoms with E-state index in [1.807, 2.05) is 52.8 Å². The fourth-order valence-electron chi connectivity index (χ4n) is 3.77. The molecule has 158 valence electrons. The Kier molecular flexibility index (Phi) is 5.27. The molecule has 0 aliphatic carbocycles. The third kappa shape index (κ3) is 3.68. The van der Waals surface area contributed by atoms with Gasteiger partial charge < -0.3 is 0 Å². The summed E-state index contributed by atoms with van der Waals surface area (Å²) in [4.78, 5) is 43.2. The average molecular weight is 433 g/mol. The summed E-state index contributed by atoms with van der Waals surface area (Å²) in [5, 5.41) is 0.457. The first-order valence-corrected chi connectivity index (χ1v) is 10.9. The lowest BCUT2D eigenvalue weighted by Gasteiger charge is -2.08. The predicted molar refractivity (Wildman–Crippen MR) is 127 cm³/mol. The molecular formula is C25H24N2O3S. The van der Waals surface area contributed by atoms with Crippen LogP contribution in [0.25, 0.3) is 21.3 Å². The number of aryl methyl sites for hydroxylation is 5. The first-order valence-electron chi connectivity index (χ1n) is 10.1. The van der Waals surface area contributed by atoms with E-state index >= 15 is 0 Å². The molecule has 0 atom stereocenters. The lowest BCUT2D eigenvalue weighted by molar-refractivity contribution is 0.0969. The van der Waals surface area contributed by atoms with Crippen molar-refractivity contribution < 1.29 is 4.79 Å².